The SMILES string of the molecule is Nc1cn[nH]c1NC(=O)N1CCCCC1. The standard InChI is InChI=1S/C9H15N5O/c10-7-6-11-13-8(7)12-9(15)14-4-2-1-3-5-14/h6H,1-5,10H2,(H2,11,12,13,15). The van der Waals surface area contributed by atoms with Gasteiger partial charge in [0.2, 0.25) is 0 Å². The fourth-order valence-corrected chi connectivity index (χ4v) is 1.68. The van der Waals surface area contributed by atoms with Gasteiger partial charge in [0.05, 0.1) is 11.9 Å². The molecular formula is C9H15N5O. The Bertz CT molecular complexity index is 342. The van der Waals surface area contributed by atoms with Crippen molar-refractivity contribution in [3.05, 3.63) is 6.20 Å². The van der Waals surface area contributed by atoms with Crippen LogP contribution in [0.2, 0.25) is 0 Å². The van der Waals surface area contributed by atoms with Gasteiger partial charge < -0.3 is 10.6 Å². The van der Waals surface area contributed by atoms with Crippen LogP contribution in [0.4, 0.5) is 16.3 Å². The monoisotopic (exact) mass is 209 g/mol. The normalized spacial score (nSPS) is 16.4. The molecule has 1 aromatic heterocycles. The van der Waals surface area contributed by atoms with E-state index in [1.54, 1.807) is 4.90 Å². The van der Waals surface area contributed by atoms with Crippen LogP contribution in [0.25, 0.3) is 0 Å². The lowest BCUT2D eigenvalue weighted by molar-refractivity contribution is 0.200. The molecule has 0 bridgehead atoms. The molecule has 82 valence electrons. The number of nitrogens with zero attached hydrogens (tertiary/aromatic N) is 2. The molecule has 0 aliphatic carbocycles. The Morgan fingerprint density at radius 3 is 2.80 bits per heavy atom. The summed E-state index contributed by atoms with van der Waals surface area (Å²) < 4.78 is 0. The summed E-state index contributed by atoms with van der Waals surface area (Å²) in [4.78, 5) is 13.5. The van der Waals surface area contributed by atoms with E-state index in [9.17, 15) is 4.79 Å². The van der Waals surface area contributed by atoms with Crippen LogP contribution in [0.3, 0.4) is 0 Å². The number of nitrogens with one attached hydrogen (secondary N) is 2. The zero-order chi connectivity index (χ0) is 10.7. The number of amides is 2. The molecular weight excluding hydrogens is 194 g/mol. The number of carbonyl (C=O) groups is 1. The molecule has 1 aliphatic rings. The second-order valence-electron chi connectivity index (χ2n) is 3.68. The number of piperidine rings is 1. The van der Waals surface area contributed by atoms with Crippen molar-refractivity contribution in [2.45, 2.75) is 19.3 Å². The van der Waals surface area contributed by atoms with Gasteiger partial charge >= 0.3 is 6.03 Å². The molecule has 6 heteroatoms. The summed E-state index contributed by atoms with van der Waals surface area (Å²) in [5.41, 5.74) is 6.05. The number of hydrogen-bond acceptors (Lipinski definition) is 3. The molecule has 0 aromatic carbocycles. The Morgan fingerprint density at radius 1 is 1.47 bits per heavy atom. The summed E-state index contributed by atoms with van der Waals surface area (Å²) in [6, 6.07) is -0.106. The van der Waals surface area contributed by atoms with Crippen molar-refractivity contribution >= 4 is 17.5 Å². The molecule has 1 fully saturated rings. The van der Waals surface area contributed by atoms with Crippen LogP contribution in [-0.4, -0.2) is 34.2 Å². The number of anilines is 2. The Kier molecular flexibility index (Phi) is 2.75. The predicted octanol–water partition coefficient (Wildman–Crippen LogP) is 1.01. The number of rotatable bonds is 1. The van der Waals surface area contributed by atoms with Crippen LogP contribution in [0.15, 0.2) is 6.20 Å². The molecule has 1 aliphatic heterocycles. The highest BCUT2D eigenvalue weighted by Crippen LogP contribution is 2.15. The zero-order valence-corrected chi connectivity index (χ0v) is 8.49. The van der Waals surface area contributed by atoms with E-state index in [1.807, 2.05) is 0 Å². The molecule has 0 unspecified atom stereocenters. The summed E-state index contributed by atoms with van der Waals surface area (Å²) in [5, 5.41) is 9.08. The van der Waals surface area contributed by atoms with Crippen LogP contribution < -0.4 is 11.1 Å². The van der Waals surface area contributed by atoms with E-state index in [0.29, 0.717) is 11.5 Å². The topological polar surface area (TPSA) is 87.0 Å². The van der Waals surface area contributed by atoms with Crippen molar-refractivity contribution in [1.82, 2.24) is 15.1 Å². The van der Waals surface area contributed by atoms with Gasteiger partial charge in [-0.15, -0.1) is 0 Å². The van der Waals surface area contributed by atoms with Gasteiger partial charge in [-0.2, -0.15) is 5.10 Å². The lowest BCUT2D eigenvalue weighted by atomic mass is 10.1. The highest BCUT2D eigenvalue weighted by Gasteiger charge is 2.17. The summed E-state index contributed by atoms with van der Waals surface area (Å²) in [5.74, 6) is 0.477. The number of aromatic amines is 1. The molecule has 1 aromatic rings. The van der Waals surface area contributed by atoms with Gasteiger partial charge in [-0.25, -0.2) is 4.79 Å². The molecule has 2 amide bonds. The van der Waals surface area contributed by atoms with Gasteiger partial charge in [0.25, 0.3) is 0 Å². The molecule has 1 saturated heterocycles. The fourth-order valence-electron chi connectivity index (χ4n) is 1.68. The molecule has 15 heavy (non-hydrogen) atoms. The molecule has 2 rings (SSSR count). The van der Waals surface area contributed by atoms with E-state index in [1.165, 1.54) is 12.6 Å². The lowest BCUT2D eigenvalue weighted by Gasteiger charge is -2.26. The van der Waals surface area contributed by atoms with E-state index in [0.717, 1.165) is 25.9 Å². The van der Waals surface area contributed by atoms with Crippen LogP contribution in [0.5, 0.6) is 0 Å². The van der Waals surface area contributed by atoms with Gasteiger partial charge in [0.15, 0.2) is 5.82 Å². The minimum Gasteiger partial charge on any atom is -0.394 e. The minimum atomic E-state index is -0.106. The molecule has 6 nitrogen and oxygen atoms in total. The Hall–Kier alpha value is -1.72. The van der Waals surface area contributed by atoms with Crippen molar-refractivity contribution in [3.63, 3.8) is 0 Å². The average Bonchev–Trinajstić information content (AvgIpc) is 2.66. The molecule has 0 radical (unpaired) electrons. The summed E-state index contributed by atoms with van der Waals surface area (Å²) in [7, 11) is 0. The van der Waals surface area contributed by atoms with Crippen LogP contribution in [-0.2, 0) is 0 Å². The van der Waals surface area contributed by atoms with Gasteiger partial charge in [-0.1, -0.05) is 0 Å². The van der Waals surface area contributed by atoms with Crippen molar-refractivity contribution in [2.24, 2.45) is 0 Å². The fraction of sp³-hybridized carbons (Fsp3) is 0.556. The maximum atomic E-state index is 11.7. The summed E-state index contributed by atoms with van der Waals surface area (Å²) >= 11 is 0. The maximum Gasteiger partial charge on any atom is 0.323 e. The number of urea groups is 1. The van der Waals surface area contributed by atoms with Crippen molar-refractivity contribution in [3.8, 4) is 0 Å². The zero-order valence-electron chi connectivity index (χ0n) is 8.49. The van der Waals surface area contributed by atoms with Crippen LogP contribution >= 0.6 is 0 Å². The number of aromatic nitrogens is 2. The first kappa shape index (κ1) is 9.82. The average molecular weight is 209 g/mol. The first-order valence-corrected chi connectivity index (χ1v) is 5.12. The van der Waals surface area contributed by atoms with E-state index in [-0.39, 0.29) is 6.03 Å². The van der Waals surface area contributed by atoms with Crippen LogP contribution in [0, 0.1) is 0 Å². The van der Waals surface area contributed by atoms with Gasteiger partial charge in [0.1, 0.15) is 0 Å². The second-order valence-corrected chi connectivity index (χ2v) is 3.68. The Morgan fingerprint density at radius 2 is 2.20 bits per heavy atom. The molecule has 4 N–H and O–H groups in total. The second kappa shape index (κ2) is 4.20. The van der Waals surface area contributed by atoms with E-state index in [4.69, 9.17) is 5.73 Å². The first-order chi connectivity index (χ1) is 7.27. The van der Waals surface area contributed by atoms with E-state index in [2.05, 4.69) is 15.5 Å². The van der Waals surface area contributed by atoms with Crippen molar-refractivity contribution in [2.75, 3.05) is 24.1 Å². The third-order valence-corrected chi connectivity index (χ3v) is 2.54. The van der Waals surface area contributed by atoms with E-state index >= 15 is 0 Å². The van der Waals surface area contributed by atoms with Gasteiger partial charge in [0, 0.05) is 13.1 Å². The molecule has 0 spiro atoms. The minimum absolute atomic E-state index is 0.106. The Balaban J connectivity index is 1.94. The molecule has 2 heterocycles. The Labute approximate surface area is 87.8 Å². The number of carbonyl (C=O) groups excluding carboxylic acids is 1. The van der Waals surface area contributed by atoms with Crippen LogP contribution in [0.1, 0.15) is 19.3 Å². The van der Waals surface area contributed by atoms with Gasteiger partial charge in [-0.05, 0) is 19.3 Å². The number of nitrogens with two attached hydrogens (primary N) is 1. The lowest BCUT2D eigenvalue weighted by Crippen LogP contribution is -2.38. The molecule has 0 atom stereocenters. The molecule has 0 saturated carbocycles. The third-order valence-electron chi connectivity index (χ3n) is 2.54. The third kappa shape index (κ3) is 2.20. The summed E-state index contributed by atoms with van der Waals surface area (Å²) in [6.07, 6.45) is 4.83. The number of H-pyrrole nitrogens is 1. The van der Waals surface area contributed by atoms with E-state index < -0.39 is 0 Å². The first-order valence-electron chi connectivity index (χ1n) is 5.12. The highest BCUT2D eigenvalue weighted by atomic mass is 16.2. The number of hydrogen-bond donors (Lipinski definition) is 3. The van der Waals surface area contributed by atoms with Gasteiger partial charge in [-0.3, -0.25) is 10.4 Å². The highest BCUT2D eigenvalue weighted by molar-refractivity contribution is 5.91. The smallest absolute Gasteiger partial charge is 0.323 e. The van der Waals surface area contributed by atoms with Crippen molar-refractivity contribution < 1.29 is 4.79 Å². The quantitative estimate of drug-likeness (QED) is 0.645. The largest absolute Gasteiger partial charge is 0.394 e. The predicted molar refractivity (Wildman–Crippen MR) is 57.4 cm³/mol. The summed E-state index contributed by atoms with van der Waals surface area (Å²) in [6.45, 7) is 1.64. The number of nitrogen functional groups attached to an aromatic ring is 1. The maximum absolute atomic E-state index is 11.7. The van der Waals surface area contributed by atoms with Crippen molar-refractivity contribution in [1.29, 1.82) is 0 Å². The number of likely N-dealkylation sites (tertiary alicyclic amines) is 1.